The topological polar surface area (TPSA) is 92.8 Å². The van der Waals surface area contributed by atoms with Crippen molar-refractivity contribution in [3.05, 3.63) is 29.6 Å². The van der Waals surface area contributed by atoms with Crippen molar-refractivity contribution in [3.63, 3.8) is 0 Å². The Balaban J connectivity index is 2.97. The molecule has 1 amide bonds. The van der Waals surface area contributed by atoms with E-state index >= 15 is 0 Å². The van der Waals surface area contributed by atoms with Crippen molar-refractivity contribution >= 4 is 21.9 Å². The summed E-state index contributed by atoms with van der Waals surface area (Å²) in [4.78, 5) is 22.8. The largest absolute Gasteiger partial charge is 0.452 e. The summed E-state index contributed by atoms with van der Waals surface area (Å²) in [5.41, 5.74) is -0.143. The lowest BCUT2D eigenvalue weighted by Crippen LogP contribution is -2.31. The van der Waals surface area contributed by atoms with Gasteiger partial charge in [0, 0.05) is 19.6 Å². The zero-order valence-electron chi connectivity index (χ0n) is 14.5. The van der Waals surface area contributed by atoms with Crippen LogP contribution in [0.5, 0.6) is 0 Å². The average molecular weight is 374 g/mol. The number of carbonyl (C=O) groups is 2. The van der Waals surface area contributed by atoms with Crippen molar-refractivity contribution < 1.29 is 27.1 Å². The van der Waals surface area contributed by atoms with E-state index in [9.17, 15) is 22.4 Å². The van der Waals surface area contributed by atoms with Gasteiger partial charge >= 0.3 is 5.97 Å². The molecule has 0 saturated heterocycles. The molecular formula is C16H23FN2O5S. The van der Waals surface area contributed by atoms with Crippen LogP contribution in [0.25, 0.3) is 0 Å². The molecule has 0 spiro atoms. The second kappa shape index (κ2) is 9.47. The van der Waals surface area contributed by atoms with Gasteiger partial charge in [0.15, 0.2) is 6.61 Å². The van der Waals surface area contributed by atoms with Gasteiger partial charge in [-0.05, 0) is 24.6 Å². The van der Waals surface area contributed by atoms with E-state index in [1.165, 1.54) is 0 Å². The quantitative estimate of drug-likeness (QED) is 0.662. The van der Waals surface area contributed by atoms with Crippen molar-refractivity contribution in [1.29, 1.82) is 0 Å². The summed E-state index contributed by atoms with van der Waals surface area (Å²) in [6.45, 7) is 5.45. The van der Waals surface area contributed by atoms with Crippen LogP contribution in [0.15, 0.2) is 23.1 Å². The highest BCUT2D eigenvalue weighted by molar-refractivity contribution is 7.89. The van der Waals surface area contributed by atoms with Gasteiger partial charge in [0.2, 0.25) is 10.0 Å². The van der Waals surface area contributed by atoms with Crippen LogP contribution >= 0.6 is 0 Å². The number of esters is 1. The fourth-order valence-electron chi connectivity index (χ4n) is 2.06. The Hall–Kier alpha value is -2.00. The number of hydrogen-bond acceptors (Lipinski definition) is 5. The Morgan fingerprint density at radius 2 is 1.84 bits per heavy atom. The summed E-state index contributed by atoms with van der Waals surface area (Å²) in [6.07, 6.45) is 0.740. The van der Waals surface area contributed by atoms with Gasteiger partial charge in [-0.25, -0.2) is 17.6 Å². The van der Waals surface area contributed by atoms with Crippen molar-refractivity contribution in [2.24, 2.45) is 0 Å². The van der Waals surface area contributed by atoms with E-state index < -0.39 is 39.2 Å². The Labute approximate surface area is 147 Å². The molecule has 9 heteroatoms. The number of ether oxygens (including phenoxy) is 1. The number of rotatable bonds is 9. The lowest BCUT2D eigenvalue weighted by atomic mass is 10.2. The first-order chi connectivity index (χ1) is 11.8. The van der Waals surface area contributed by atoms with Crippen molar-refractivity contribution in [3.8, 4) is 0 Å². The Morgan fingerprint density at radius 1 is 1.20 bits per heavy atom. The molecule has 0 saturated carbocycles. The van der Waals surface area contributed by atoms with E-state index in [0.29, 0.717) is 6.54 Å². The van der Waals surface area contributed by atoms with Crippen LogP contribution in [0.3, 0.4) is 0 Å². The number of nitrogens with one attached hydrogen (secondary N) is 1. The Kier molecular flexibility index (Phi) is 7.98. The third-order valence-electron chi connectivity index (χ3n) is 3.40. The van der Waals surface area contributed by atoms with Gasteiger partial charge in [-0.2, -0.15) is 4.31 Å². The number of benzene rings is 1. The van der Waals surface area contributed by atoms with E-state index in [1.807, 2.05) is 6.92 Å². The van der Waals surface area contributed by atoms with Crippen LogP contribution in [-0.4, -0.2) is 50.8 Å². The molecule has 0 aliphatic rings. The third kappa shape index (κ3) is 5.50. The molecule has 0 radical (unpaired) electrons. The van der Waals surface area contributed by atoms with Gasteiger partial charge in [0.05, 0.1) is 5.56 Å². The van der Waals surface area contributed by atoms with E-state index in [0.717, 1.165) is 28.9 Å². The predicted molar refractivity (Wildman–Crippen MR) is 90.1 cm³/mol. The number of amides is 1. The number of sulfonamides is 1. The zero-order valence-corrected chi connectivity index (χ0v) is 15.4. The summed E-state index contributed by atoms with van der Waals surface area (Å²) in [6, 6.07) is 2.93. The van der Waals surface area contributed by atoms with Crippen LogP contribution in [0.4, 0.5) is 4.39 Å². The van der Waals surface area contributed by atoms with Crippen molar-refractivity contribution in [2.75, 3.05) is 26.2 Å². The highest BCUT2D eigenvalue weighted by Gasteiger charge is 2.26. The number of halogens is 1. The first-order valence-corrected chi connectivity index (χ1v) is 9.45. The number of carbonyl (C=O) groups excluding carboxylic acids is 2. The second-order valence-corrected chi connectivity index (χ2v) is 7.07. The summed E-state index contributed by atoms with van der Waals surface area (Å²) in [5.74, 6) is -2.32. The minimum atomic E-state index is -4.06. The SMILES string of the molecule is CCCNC(=O)COC(=O)c1ccc(F)c(S(=O)(=O)N(CC)CC)c1. The molecule has 0 aromatic heterocycles. The predicted octanol–water partition coefficient (Wildman–Crippen LogP) is 1.54. The smallest absolute Gasteiger partial charge is 0.338 e. The second-order valence-electron chi connectivity index (χ2n) is 5.16. The molecular weight excluding hydrogens is 351 g/mol. The lowest BCUT2D eigenvalue weighted by Gasteiger charge is -2.19. The third-order valence-corrected chi connectivity index (χ3v) is 5.46. The summed E-state index contributed by atoms with van der Waals surface area (Å²) >= 11 is 0. The average Bonchev–Trinajstić information content (AvgIpc) is 2.58. The molecule has 1 aromatic rings. The van der Waals surface area contributed by atoms with E-state index in [2.05, 4.69) is 5.32 Å². The minimum absolute atomic E-state index is 0.143. The molecule has 0 fully saturated rings. The molecule has 7 nitrogen and oxygen atoms in total. The Morgan fingerprint density at radius 3 is 2.40 bits per heavy atom. The van der Waals surface area contributed by atoms with Crippen LogP contribution in [-0.2, 0) is 19.6 Å². The first kappa shape index (κ1) is 21.0. The molecule has 0 aliphatic carbocycles. The van der Waals surface area contributed by atoms with Gasteiger partial charge in [-0.15, -0.1) is 0 Å². The lowest BCUT2D eigenvalue weighted by molar-refractivity contribution is -0.124. The minimum Gasteiger partial charge on any atom is -0.452 e. The number of hydrogen-bond donors (Lipinski definition) is 1. The normalized spacial score (nSPS) is 11.4. The summed E-state index contributed by atoms with van der Waals surface area (Å²) in [5, 5.41) is 2.54. The molecule has 0 aliphatic heterocycles. The van der Waals surface area contributed by atoms with E-state index in [4.69, 9.17) is 4.74 Å². The van der Waals surface area contributed by atoms with Gasteiger partial charge < -0.3 is 10.1 Å². The van der Waals surface area contributed by atoms with Gasteiger partial charge in [0.25, 0.3) is 5.91 Å². The first-order valence-electron chi connectivity index (χ1n) is 8.01. The number of nitrogens with zero attached hydrogens (tertiary/aromatic N) is 1. The van der Waals surface area contributed by atoms with Crippen LogP contribution in [0.2, 0.25) is 0 Å². The Bertz CT molecular complexity index is 717. The van der Waals surface area contributed by atoms with Crippen LogP contribution in [0.1, 0.15) is 37.6 Å². The molecule has 1 aromatic carbocycles. The maximum Gasteiger partial charge on any atom is 0.338 e. The van der Waals surface area contributed by atoms with Gasteiger partial charge in [-0.3, -0.25) is 4.79 Å². The molecule has 0 heterocycles. The molecule has 1 N–H and O–H groups in total. The maximum absolute atomic E-state index is 14.0. The molecule has 0 unspecified atom stereocenters. The van der Waals surface area contributed by atoms with Crippen LogP contribution in [0, 0.1) is 5.82 Å². The van der Waals surface area contributed by atoms with E-state index in [-0.39, 0.29) is 18.7 Å². The maximum atomic E-state index is 14.0. The zero-order chi connectivity index (χ0) is 19.0. The molecule has 0 atom stereocenters. The molecule has 1 rings (SSSR count). The fraction of sp³-hybridized carbons (Fsp3) is 0.500. The fourth-order valence-corrected chi connectivity index (χ4v) is 3.61. The van der Waals surface area contributed by atoms with Crippen LogP contribution < -0.4 is 5.32 Å². The standard InChI is InChI=1S/C16H23FN2O5S/c1-4-9-18-15(20)11-24-16(21)12-7-8-13(17)14(10-12)25(22,23)19(5-2)6-3/h7-8,10H,4-6,9,11H2,1-3H3,(H,18,20). The molecule has 140 valence electrons. The summed E-state index contributed by atoms with van der Waals surface area (Å²) in [7, 11) is -4.06. The molecule has 0 bridgehead atoms. The van der Waals surface area contributed by atoms with E-state index in [1.54, 1.807) is 13.8 Å². The summed E-state index contributed by atoms with van der Waals surface area (Å²) < 4.78 is 44.8. The van der Waals surface area contributed by atoms with Crippen molar-refractivity contribution in [1.82, 2.24) is 9.62 Å². The highest BCUT2D eigenvalue weighted by Crippen LogP contribution is 2.21. The van der Waals surface area contributed by atoms with Crippen molar-refractivity contribution in [2.45, 2.75) is 32.1 Å². The van der Waals surface area contributed by atoms with Gasteiger partial charge in [0.1, 0.15) is 10.7 Å². The van der Waals surface area contributed by atoms with Gasteiger partial charge in [-0.1, -0.05) is 20.8 Å². The molecule has 25 heavy (non-hydrogen) atoms. The monoisotopic (exact) mass is 374 g/mol. The highest BCUT2D eigenvalue weighted by atomic mass is 32.2.